The Morgan fingerprint density at radius 2 is 1.88 bits per heavy atom. The number of hydrogen-bond acceptors (Lipinski definition) is 10. The molecule has 1 saturated heterocycles. The molecule has 5 atom stereocenters. The van der Waals surface area contributed by atoms with Gasteiger partial charge in [0.15, 0.2) is 5.78 Å². The van der Waals surface area contributed by atoms with E-state index in [4.69, 9.17) is 14.2 Å². The van der Waals surface area contributed by atoms with Gasteiger partial charge in [0.05, 0.1) is 43.4 Å². The third-order valence-corrected chi connectivity index (χ3v) is 13.0. The summed E-state index contributed by atoms with van der Waals surface area (Å²) in [5.74, 6) is -1.73. The van der Waals surface area contributed by atoms with Gasteiger partial charge in [0.2, 0.25) is 27.7 Å². The zero-order valence-corrected chi connectivity index (χ0v) is 30.4. The lowest BCUT2D eigenvalue weighted by Crippen LogP contribution is -2.46. The first-order valence-electron chi connectivity index (χ1n) is 18.6. The quantitative estimate of drug-likeness (QED) is 0.333. The van der Waals surface area contributed by atoms with Crippen LogP contribution < -0.4 is 14.2 Å². The van der Waals surface area contributed by atoms with E-state index in [0.717, 1.165) is 42.0 Å². The highest BCUT2D eigenvalue weighted by Crippen LogP contribution is 2.57. The monoisotopic (exact) mass is 733 g/mol. The Labute approximate surface area is 304 Å². The number of carbonyl (C=O) groups is 4. The summed E-state index contributed by atoms with van der Waals surface area (Å²) in [7, 11) is -2.22. The normalized spacial score (nSPS) is 30.2. The minimum atomic E-state index is -3.83. The summed E-state index contributed by atoms with van der Waals surface area (Å²) >= 11 is 0. The molecule has 1 N–H and O–H groups in total. The van der Waals surface area contributed by atoms with Gasteiger partial charge in [0.25, 0.3) is 0 Å². The number of nitrogens with zero attached hydrogens (tertiary/aromatic N) is 2. The van der Waals surface area contributed by atoms with Gasteiger partial charge in [-0.2, -0.15) is 0 Å². The highest BCUT2D eigenvalue weighted by molar-refractivity contribution is 7.90. The number of pyridine rings is 1. The van der Waals surface area contributed by atoms with Crippen molar-refractivity contribution in [3.8, 4) is 11.6 Å². The Bertz CT molecular complexity index is 1910. The number of hydrogen-bond donors (Lipinski definition) is 1. The average molecular weight is 734 g/mol. The zero-order valence-electron chi connectivity index (χ0n) is 29.6. The summed E-state index contributed by atoms with van der Waals surface area (Å²) < 4.78 is 45.7. The Kier molecular flexibility index (Phi) is 10.4. The lowest BCUT2D eigenvalue weighted by molar-refractivity contribution is -0.150. The van der Waals surface area contributed by atoms with Crippen LogP contribution in [0.5, 0.6) is 11.6 Å². The molecule has 7 rings (SSSR count). The van der Waals surface area contributed by atoms with Crippen LogP contribution >= 0.6 is 0 Å². The topological polar surface area (TPSA) is 158 Å². The van der Waals surface area contributed by atoms with E-state index in [9.17, 15) is 27.6 Å². The Morgan fingerprint density at radius 1 is 1.06 bits per heavy atom. The number of aromatic nitrogens is 1. The van der Waals surface area contributed by atoms with Gasteiger partial charge >= 0.3 is 5.97 Å². The van der Waals surface area contributed by atoms with Crippen molar-refractivity contribution in [2.24, 2.45) is 17.3 Å². The molecule has 5 aliphatic rings. The van der Waals surface area contributed by atoms with Crippen LogP contribution in [0.25, 0.3) is 16.8 Å². The number of rotatable bonds is 4. The number of allylic oxidation sites excluding steroid dienone is 3. The van der Waals surface area contributed by atoms with E-state index in [-0.39, 0.29) is 50.0 Å². The van der Waals surface area contributed by atoms with Crippen LogP contribution in [0.1, 0.15) is 89.0 Å². The van der Waals surface area contributed by atoms with E-state index < -0.39 is 50.6 Å². The van der Waals surface area contributed by atoms with E-state index in [1.807, 2.05) is 42.5 Å². The van der Waals surface area contributed by atoms with Crippen molar-refractivity contribution in [2.75, 3.05) is 20.3 Å². The molecule has 2 aromatic rings. The third-order valence-electron chi connectivity index (χ3n) is 11.2. The number of methoxy groups -OCH3 is 1. The SMILES string of the molecule is COc1cc2ccnc3c2cc1/C=C/CCCOC(=O)C[C@H]1CCCCC/C=C\[C@@H]2C[C@@]2(C(=O)NS(=O)(=O)C2CC2)CC(=O)[C@@H]2C[C@H](CN2C1=O)O3. The van der Waals surface area contributed by atoms with Gasteiger partial charge in [-0.3, -0.25) is 23.9 Å². The minimum Gasteiger partial charge on any atom is -0.496 e. The van der Waals surface area contributed by atoms with E-state index >= 15 is 0 Å². The fraction of sp³-hybridized carbons (Fsp3) is 0.564. The molecule has 12 nitrogen and oxygen atoms in total. The van der Waals surface area contributed by atoms with E-state index in [0.29, 0.717) is 50.2 Å². The second-order valence-corrected chi connectivity index (χ2v) is 16.9. The molecule has 3 aliphatic heterocycles. The number of fused-ring (bicyclic) bond motifs is 4. The molecule has 3 fully saturated rings. The molecule has 1 aromatic heterocycles. The molecule has 4 heterocycles. The van der Waals surface area contributed by atoms with Gasteiger partial charge in [0.1, 0.15) is 11.9 Å². The predicted octanol–water partition coefficient (Wildman–Crippen LogP) is 5.04. The lowest BCUT2D eigenvalue weighted by atomic mass is 9.90. The maximum Gasteiger partial charge on any atom is 0.306 e. The van der Waals surface area contributed by atoms with Crippen LogP contribution in [0.4, 0.5) is 0 Å². The number of nitrogens with one attached hydrogen (secondary N) is 1. The van der Waals surface area contributed by atoms with Crippen LogP contribution in [0.15, 0.2) is 42.6 Å². The Balaban J connectivity index is 1.24. The van der Waals surface area contributed by atoms with Crippen molar-refractivity contribution in [2.45, 2.75) is 101 Å². The first kappa shape index (κ1) is 36.1. The van der Waals surface area contributed by atoms with Gasteiger partial charge in [-0.05, 0) is 80.9 Å². The maximum atomic E-state index is 14.5. The molecule has 5 bridgehead atoms. The molecule has 52 heavy (non-hydrogen) atoms. The van der Waals surface area contributed by atoms with Crippen LogP contribution in [0.3, 0.4) is 0 Å². The maximum absolute atomic E-state index is 14.5. The number of ketones is 1. The van der Waals surface area contributed by atoms with Crippen molar-refractivity contribution in [3.05, 3.63) is 48.2 Å². The average Bonchev–Trinajstić information content (AvgIpc) is 4.04. The standard InChI is InChI=1S/C39H47N3O9S/c1-49-34-19-25-15-16-40-36-31(25)18-26(34)10-7-5-9-17-50-35(44)20-27-11-6-3-2-4-8-12-28-22-39(28,38(46)41-52(47,48)30-13-14-30)23-33(43)32-21-29(51-36)24-42(32)37(27)45/h7-8,10,12,15-16,18-19,27-30,32H,2-6,9,11,13-14,17,20-24H2,1H3,(H,41,46)/b10-7+,12-8-/t27-,28-,29-,32+,39-/m1/s1. The number of carbonyl (C=O) groups excluding carboxylic acids is 4. The van der Waals surface area contributed by atoms with Crippen molar-refractivity contribution < 1.29 is 41.8 Å². The summed E-state index contributed by atoms with van der Waals surface area (Å²) in [6.07, 6.45) is 15.0. The molecule has 1 aromatic carbocycles. The summed E-state index contributed by atoms with van der Waals surface area (Å²) in [5, 5.41) is 1.01. The van der Waals surface area contributed by atoms with Gasteiger partial charge in [-0.15, -0.1) is 0 Å². The number of benzene rings is 1. The number of amides is 2. The van der Waals surface area contributed by atoms with Crippen LogP contribution in [-0.4, -0.2) is 79.5 Å². The molecule has 278 valence electrons. The molecule has 0 unspecified atom stereocenters. The first-order valence-corrected chi connectivity index (χ1v) is 20.1. The highest BCUT2D eigenvalue weighted by atomic mass is 32.2. The van der Waals surface area contributed by atoms with Crippen LogP contribution in [-0.2, 0) is 33.9 Å². The molecule has 2 amide bonds. The summed E-state index contributed by atoms with van der Waals surface area (Å²) in [6, 6.07) is 4.78. The van der Waals surface area contributed by atoms with Gasteiger partial charge in [-0.25, -0.2) is 13.4 Å². The Morgan fingerprint density at radius 3 is 2.69 bits per heavy atom. The molecule has 0 radical (unpaired) electrons. The fourth-order valence-corrected chi connectivity index (χ4v) is 9.31. The van der Waals surface area contributed by atoms with Crippen LogP contribution in [0, 0.1) is 17.3 Å². The van der Waals surface area contributed by atoms with Crippen molar-refractivity contribution in [3.63, 3.8) is 0 Å². The summed E-state index contributed by atoms with van der Waals surface area (Å²) in [4.78, 5) is 61.9. The number of esters is 1. The molecular formula is C39H47N3O9S. The summed E-state index contributed by atoms with van der Waals surface area (Å²) in [5.41, 5.74) is -0.405. The van der Waals surface area contributed by atoms with Crippen molar-refractivity contribution in [1.29, 1.82) is 0 Å². The van der Waals surface area contributed by atoms with Crippen LogP contribution in [0.2, 0.25) is 0 Å². The molecule has 2 aliphatic carbocycles. The summed E-state index contributed by atoms with van der Waals surface area (Å²) in [6.45, 7) is 0.294. The van der Waals surface area contributed by atoms with Gasteiger partial charge in [0, 0.05) is 35.9 Å². The fourth-order valence-electron chi connectivity index (χ4n) is 7.93. The predicted molar refractivity (Wildman–Crippen MR) is 193 cm³/mol. The number of ether oxygens (including phenoxy) is 3. The molecule has 13 heteroatoms. The van der Waals surface area contributed by atoms with Crippen molar-refractivity contribution >= 4 is 50.4 Å². The largest absolute Gasteiger partial charge is 0.496 e. The molecular weight excluding hydrogens is 687 g/mol. The van der Waals surface area contributed by atoms with Gasteiger partial charge < -0.3 is 19.1 Å². The third kappa shape index (κ3) is 7.74. The number of Topliss-reactive ketones (excluding diaryl/α,β-unsaturated/α-hetero) is 1. The second kappa shape index (κ2) is 15.0. The number of sulfonamides is 1. The second-order valence-electron chi connectivity index (χ2n) is 14.9. The molecule has 0 spiro atoms. The lowest BCUT2D eigenvalue weighted by Gasteiger charge is -2.29. The highest BCUT2D eigenvalue weighted by Gasteiger charge is 2.61. The van der Waals surface area contributed by atoms with Crippen molar-refractivity contribution in [1.82, 2.24) is 14.6 Å². The molecule has 2 saturated carbocycles. The first-order chi connectivity index (χ1) is 25.1. The zero-order chi connectivity index (χ0) is 36.5. The van der Waals surface area contributed by atoms with E-state index in [1.165, 1.54) is 4.90 Å². The van der Waals surface area contributed by atoms with E-state index in [2.05, 4.69) is 9.71 Å². The Hall–Kier alpha value is -4.26. The number of cyclic esters (lactones) is 1. The van der Waals surface area contributed by atoms with E-state index in [1.54, 1.807) is 13.3 Å². The van der Waals surface area contributed by atoms with Gasteiger partial charge in [-0.1, -0.05) is 37.1 Å². The smallest absolute Gasteiger partial charge is 0.306 e. The minimum absolute atomic E-state index is 0.0837.